The Morgan fingerprint density at radius 3 is 2.61 bits per heavy atom. The van der Waals surface area contributed by atoms with E-state index < -0.39 is 5.97 Å². The standard InChI is InChI=1S/C12H10ClN3O2/c13-10-3-1-7(5-9(10)12(17)18)16-8-2-4-11(14)15-6-8/h1-6,16H,(H2,14,15)(H,17,18). The van der Waals surface area contributed by atoms with E-state index in [2.05, 4.69) is 10.3 Å². The van der Waals surface area contributed by atoms with E-state index in [9.17, 15) is 4.79 Å². The number of carboxylic acid groups (broad SMARTS) is 1. The van der Waals surface area contributed by atoms with Crippen molar-refractivity contribution < 1.29 is 9.90 Å². The number of nitrogens with two attached hydrogens (primary N) is 1. The molecule has 0 bridgehead atoms. The molecule has 0 spiro atoms. The lowest BCUT2D eigenvalue weighted by atomic mass is 10.2. The average Bonchev–Trinajstić information content (AvgIpc) is 2.34. The highest BCUT2D eigenvalue weighted by molar-refractivity contribution is 6.33. The first kappa shape index (κ1) is 12.2. The minimum Gasteiger partial charge on any atom is -0.478 e. The van der Waals surface area contributed by atoms with E-state index in [1.165, 1.54) is 12.1 Å². The second-order valence-corrected chi connectivity index (χ2v) is 4.00. The smallest absolute Gasteiger partial charge is 0.337 e. The van der Waals surface area contributed by atoms with Gasteiger partial charge in [-0.1, -0.05) is 11.6 Å². The number of halogens is 1. The van der Waals surface area contributed by atoms with Gasteiger partial charge in [0.2, 0.25) is 0 Å². The van der Waals surface area contributed by atoms with Crippen LogP contribution in [0, 0.1) is 0 Å². The second-order valence-electron chi connectivity index (χ2n) is 3.60. The topological polar surface area (TPSA) is 88.2 Å². The lowest BCUT2D eigenvalue weighted by Crippen LogP contribution is -1.99. The monoisotopic (exact) mass is 263 g/mol. The molecule has 6 heteroatoms. The molecular weight excluding hydrogens is 254 g/mol. The number of aromatic nitrogens is 1. The summed E-state index contributed by atoms with van der Waals surface area (Å²) in [5.74, 6) is -0.651. The van der Waals surface area contributed by atoms with Crippen molar-refractivity contribution in [2.45, 2.75) is 0 Å². The SMILES string of the molecule is Nc1ccc(Nc2ccc(Cl)c(C(=O)O)c2)cn1. The van der Waals surface area contributed by atoms with E-state index in [0.717, 1.165) is 0 Å². The highest BCUT2D eigenvalue weighted by Crippen LogP contribution is 2.23. The van der Waals surface area contributed by atoms with Gasteiger partial charge in [-0.15, -0.1) is 0 Å². The third-order valence-corrected chi connectivity index (χ3v) is 2.60. The zero-order valence-electron chi connectivity index (χ0n) is 9.22. The highest BCUT2D eigenvalue weighted by Gasteiger charge is 2.09. The summed E-state index contributed by atoms with van der Waals surface area (Å²) in [4.78, 5) is 14.9. The Labute approximate surface area is 108 Å². The molecule has 0 saturated carbocycles. The van der Waals surface area contributed by atoms with Crippen LogP contribution in [0.25, 0.3) is 0 Å². The van der Waals surface area contributed by atoms with Gasteiger partial charge in [-0.25, -0.2) is 9.78 Å². The molecular formula is C12H10ClN3O2. The van der Waals surface area contributed by atoms with Crippen molar-refractivity contribution in [2.75, 3.05) is 11.1 Å². The molecule has 0 aliphatic heterocycles. The minimum absolute atomic E-state index is 0.0464. The van der Waals surface area contributed by atoms with Crippen LogP contribution in [0.3, 0.4) is 0 Å². The van der Waals surface area contributed by atoms with Crippen molar-refractivity contribution >= 4 is 34.8 Å². The number of anilines is 3. The molecule has 0 fully saturated rings. The van der Waals surface area contributed by atoms with Crippen LogP contribution in [0.15, 0.2) is 36.5 Å². The number of nitrogens with one attached hydrogen (secondary N) is 1. The Morgan fingerprint density at radius 2 is 2.00 bits per heavy atom. The summed E-state index contributed by atoms with van der Waals surface area (Å²) >= 11 is 5.78. The predicted octanol–water partition coefficient (Wildman–Crippen LogP) is 2.76. The van der Waals surface area contributed by atoms with Crippen LogP contribution < -0.4 is 11.1 Å². The molecule has 1 aromatic carbocycles. The van der Waals surface area contributed by atoms with E-state index in [4.69, 9.17) is 22.4 Å². The Bertz CT molecular complexity index is 584. The zero-order valence-corrected chi connectivity index (χ0v) is 9.98. The number of carbonyl (C=O) groups is 1. The molecule has 18 heavy (non-hydrogen) atoms. The van der Waals surface area contributed by atoms with E-state index in [1.807, 2.05) is 0 Å². The number of nitrogen functional groups attached to an aromatic ring is 1. The van der Waals surface area contributed by atoms with Gasteiger partial charge < -0.3 is 16.2 Å². The first-order valence-corrected chi connectivity index (χ1v) is 5.45. The van der Waals surface area contributed by atoms with Gasteiger partial charge in [0, 0.05) is 5.69 Å². The zero-order chi connectivity index (χ0) is 13.1. The van der Waals surface area contributed by atoms with E-state index in [1.54, 1.807) is 24.4 Å². The van der Waals surface area contributed by atoms with Crippen molar-refractivity contribution in [3.63, 3.8) is 0 Å². The molecule has 2 rings (SSSR count). The number of pyridine rings is 1. The number of aromatic carboxylic acids is 1. The van der Waals surface area contributed by atoms with E-state index in [-0.39, 0.29) is 10.6 Å². The number of hydrogen-bond donors (Lipinski definition) is 3. The molecule has 0 atom stereocenters. The van der Waals surface area contributed by atoms with Gasteiger partial charge in [0.15, 0.2) is 0 Å². The molecule has 92 valence electrons. The maximum atomic E-state index is 10.9. The van der Waals surface area contributed by atoms with Crippen LogP contribution >= 0.6 is 11.6 Å². The summed E-state index contributed by atoms with van der Waals surface area (Å²) in [5.41, 5.74) is 6.84. The first-order valence-electron chi connectivity index (χ1n) is 5.07. The third-order valence-electron chi connectivity index (χ3n) is 2.27. The Morgan fingerprint density at radius 1 is 1.28 bits per heavy atom. The predicted molar refractivity (Wildman–Crippen MR) is 70.3 cm³/mol. The van der Waals surface area contributed by atoms with Crippen molar-refractivity contribution in [3.8, 4) is 0 Å². The second kappa shape index (κ2) is 4.93. The van der Waals surface area contributed by atoms with Crippen LogP contribution in [-0.2, 0) is 0 Å². The van der Waals surface area contributed by atoms with Gasteiger partial charge in [0.05, 0.1) is 22.5 Å². The van der Waals surface area contributed by atoms with Gasteiger partial charge in [0.25, 0.3) is 0 Å². The Kier molecular flexibility index (Phi) is 3.34. The fourth-order valence-corrected chi connectivity index (χ4v) is 1.61. The molecule has 0 saturated heterocycles. The van der Waals surface area contributed by atoms with Crippen molar-refractivity contribution in [1.29, 1.82) is 0 Å². The Balaban J connectivity index is 2.27. The van der Waals surface area contributed by atoms with Crippen molar-refractivity contribution in [3.05, 3.63) is 47.1 Å². The molecule has 0 amide bonds. The van der Waals surface area contributed by atoms with Gasteiger partial charge in [-0.05, 0) is 30.3 Å². The van der Waals surface area contributed by atoms with Gasteiger partial charge in [-0.2, -0.15) is 0 Å². The maximum absolute atomic E-state index is 10.9. The third kappa shape index (κ3) is 2.70. The fourth-order valence-electron chi connectivity index (χ4n) is 1.41. The minimum atomic E-state index is -1.07. The van der Waals surface area contributed by atoms with Gasteiger partial charge in [0.1, 0.15) is 5.82 Å². The number of nitrogens with zero attached hydrogens (tertiary/aromatic N) is 1. The molecule has 4 N–H and O–H groups in total. The van der Waals surface area contributed by atoms with E-state index >= 15 is 0 Å². The Hall–Kier alpha value is -2.27. The summed E-state index contributed by atoms with van der Waals surface area (Å²) in [6.07, 6.45) is 1.56. The lowest BCUT2D eigenvalue weighted by molar-refractivity contribution is 0.0697. The normalized spacial score (nSPS) is 10.1. The summed E-state index contributed by atoms with van der Waals surface area (Å²) in [7, 11) is 0. The molecule has 2 aromatic rings. The number of hydrogen-bond acceptors (Lipinski definition) is 4. The van der Waals surface area contributed by atoms with Crippen molar-refractivity contribution in [2.24, 2.45) is 0 Å². The number of benzene rings is 1. The maximum Gasteiger partial charge on any atom is 0.337 e. The van der Waals surface area contributed by atoms with E-state index in [0.29, 0.717) is 17.2 Å². The summed E-state index contributed by atoms with van der Waals surface area (Å²) in [6.45, 7) is 0. The molecule has 1 heterocycles. The van der Waals surface area contributed by atoms with Gasteiger partial charge in [-0.3, -0.25) is 0 Å². The first-order chi connectivity index (χ1) is 8.56. The molecule has 0 radical (unpaired) electrons. The highest BCUT2D eigenvalue weighted by atomic mass is 35.5. The van der Waals surface area contributed by atoms with Crippen molar-refractivity contribution in [1.82, 2.24) is 4.98 Å². The molecule has 5 nitrogen and oxygen atoms in total. The van der Waals surface area contributed by atoms with Crippen LogP contribution in [0.2, 0.25) is 5.02 Å². The van der Waals surface area contributed by atoms with Crippen LogP contribution in [0.4, 0.5) is 17.2 Å². The number of rotatable bonds is 3. The summed E-state index contributed by atoms with van der Waals surface area (Å²) in [5, 5.41) is 12.2. The van der Waals surface area contributed by atoms with Crippen LogP contribution in [0.5, 0.6) is 0 Å². The average molecular weight is 264 g/mol. The largest absolute Gasteiger partial charge is 0.478 e. The summed E-state index contributed by atoms with van der Waals surface area (Å²) < 4.78 is 0. The van der Waals surface area contributed by atoms with Crippen LogP contribution in [-0.4, -0.2) is 16.1 Å². The molecule has 0 aliphatic carbocycles. The molecule has 0 aliphatic rings. The molecule has 1 aromatic heterocycles. The summed E-state index contributed by atoms with van der Waals surface area (Å²) in [6, 6.07) is 8.07. The van der Waals surface area contributed by atoms with Crippen LogP contribution in [0.1, 0.15) is 10.4 Å². The molecule has 0 unspecified atom stereocenters. The lowest BCUT2D eigenvalue weighted by Gasteiger charge is -2.08. The number of carboxylic acids is 1. The quantitative estimate of drug-likeness (QED) is 0.792. The fraction of sp³-hybridized carbons (Fsp3) is 0. The van der Waals surface area contributed by atoms with Gasteiger partial charge >= 0.3 is 5.97 Å².